The van der Waals surface area contributed by atoms with Crippen molar-refractivity contribution in [2.45, 2.75) is 84.0 Å². The number of benzene rings is 2. The minimum absolute atomic E-state index is 0.126. The maximum Gasteiger partial charge on any atom is 0.343 e. The summed E-state index contributed by atoms with van der Waals surface area (Å²) in [5, 5.41) is 6.55. The molecule has 2 rings (SSSR count). The monoisotopic (exact) mass is 567 g/mol. The number of rotatable bonds is 20. The topological polar surface area (TPSA) is 115 Å². The van der Waals surface area contributed by atoms with Crippen molar-refractivity contribution in [2.75, 3.05) is 20.8 Å². The molecule has 0 unspecified atom stereocenters. The van der Waals surface area contributed by atoms with Crippen LogP contribution in [0, 0.1) is 0 Å². The minimum atomic E-state index is -0.537. The predicted molar refractivity (Wildman–Crippen MR) is 161 cm³/mol. The molecule has 0 radical (unpaired) electrons. The minimum Gasteiger partial charge on any atom is -0.493 e. The van der Waals surface area contributed by atoms with Gasteiger partial charge in [-0.25, -0.2) is 10.2 Å². The van der Waals surface area contributed by atoms with Gasteiger partial charge in [0.05, 0.1) is 32.5 Å². The molecule has 0 atom stereocenters. The first-order valence-corrected chi connectivity index (χ1v) is 14.6. The number of esters is 1. The molecule has 0 heterocycles. The van der Waals surface area contributed by atoms with Gasteiger partial charge in [0.15, 0.2) is 11.5 Å². The first kappa shape index (κ1) is 33.3. The fourth-order valence-electron chi connectivity index (χ4n) is 4.19. The van der Waals surface area contributed by atoms with Crippen LogP contribution in [0.4, 0.5) is 0 Å². The lowest BCUT2D eigenvalue weighted by atomic mass is 10.1. The van der Waals surface area contributed by atoms with Crippen molar-refractivity contribution in [3.8, 4) is 17.2 Å². The second kappa shape index (κ2) is 20.1. The Labute approximate surface area is 244 Å². The molecule has 41 heavy (non-hydrogen) atoms. The van der Waals surface area contributed by atoms with Crippen molar-refractivity contribution in [2.24, 2.45) is 5.10 Å². The average Bonchev–Trinajstić information content (AvgIpc) is 2.99. The molecule has 224 valence electrons. The quantitative estimate of drug-likeness (QED) is 0.0648. The van der Waals surface area contributed by atoms with E-state index in [1.807, 2.05) is 0 Å². The number of carbonyl (C=O) groups is 3. The Bertz CT molecular complexity index is 1100. The van der Waals surface area contributed by atoms with Gasteiger partial charge in [-0.05, 0) is 54.4 Å². The van der Waals surface area contributed by atoms with Gasteiger partial charge in [0.1, 0.15) is 5.75 Å². The van der Waals surface area contributed by atoms with E-state index in [1.165, 1.54) is 71.8 Å². The summed E-state index contributed by atoms with van der Waals surface area (Å²) in [7, 11) is 3.01. The van der Waals surface area contributed by atoms with E-state index < -0.39 is 11.9 Å². The number of methoxy groups -OCH3 is 2. The third-order valence-electron chi connectivity index (χ3n) is 6.57. The summed E-state index contributed by atoms with van der Waals surface area (Å²) in [6, 6.07) is 11.4. The molecule has 0 bridgehead atoms. The van der Waals surface area contributed by atoms with E-state index in [-0.39, 0.29) is 12.5 Å². The first-order valence-electron chi connectivity index (χ1n) is 14.6. The number of nitrogens with one attached hydrogen (secondary N) is 2. The Balaban J connectivity index is 1.59. The van der Waals surface area contributed by atoms with Crippen LogP contribution in [0.25, 0.3) is 0 Å². The van der Waals surface area contributed by atoms with E-state index in [1.54, 1.807) is 42.5 Å². The van der Waals surface area contributed by atoms with Crippen LogP contribution in [0.3, 0.4) is 0 Å². The Morgan fingerprint density at radius 1 is 0.756 bits per heavy atom. The molecular weight excluding hydrogens is 522 g/mol. The SMILES string of the molecule is CCCCCCCCCCCCCC(=O)NCC(=O)NN=Cc1ccc(OC(=O)c2ccc(OC)c(OC)c2)cc1. The van der Waals surface area contributed by atoms with Crippen LogP contribution in [-0.2, 0) is 9.59 Å². The lowest BCUT2D eigenvalue weighted by molar-refractivity contribution is -0.126. The van der Waals surface area contributed by atoms with Crippen LogP contribution in [0.5, 0.6) is 17.2 Å². The lowest BCUT2D eigenvalue weighted by Crippen LogP contribution is -2.34. The molecule has 2 N–H and O–H groups in total. The Morgan fingerprint density at radius 2 is 1.37 bits per heavy atom. The number of carbonyl (C=O) groups excluding carboxylic acids is 3. The Kier molecular flexibility index (Phi) is 16.3. The summed E-state index contributed by atoms with van der Waals surface area (Å²) < 4.78 is 15.8. The second-order valence-corrected chi connectivity index (χ2v) is 9.88. The van der Waals surface area contributed by atoms with Gasteiger partial charge in [-0.2, -0.15) is 5.10 Å². The molecule has 2 amide bonds. The first-order chi connectivity index (χ1) is 20.0. The van der Waals surface area contributed by atoms with Gasteiger partial charge in [-0.15, -0.1) is 0 Å². The smallest absolute Gasteiger partial charge is 0.343 e. The van der Waals surface area contributed by atoms with Crippen molar-refractivity contribution >= 4 is 24.0 Å². The van der Waals surface area contributed by atoms with Gasteiger partial charge >= 0.3 is 5.97 Å². The van der Waals surface area contributed by atoms with Gasteiger partial charge in [0.2, 0.25) is 5.91 Å². The molecule has 0 aliphatic carbocycles. The lowest BCUT2D eigenvalue weighted by Gasteiger charge is -2.09. The summed E-state index contributed by atoms with van der Waals surface area (Å²) >= 11 is 0. The molecule has 0 saturated carbocycles. The number of nitrogens with zero attached hydrogens (tertiary/aromatic N) is 1. The van der Waals surface area contributed by atoms with Gasteiger partial charge in [-0.3, -0.25) is 9.59 Å². The normalized spacial score (nSPS) is 10.8. The Hall–Kier alpha value is -3.88. The highest BCUT2D eigenvalue weighted by Crippen LogP contribution is 2.28. The van der Waals surface area contributed by atoms with Gasteiger partial charge in [0.25, 0.3) is 5.91 Å². The van der Waals surface area contributed by atoms with Gasteiger partial charge in [-0.1, -0.05) is 71.1 Å². The molecule has 9 nitrogen and oxygen atoms in total. The standard InChI is InChI=1S/C32H45N3O6/c1-4-5-6-7-8-9-10-11-12-13-14-15-30(36)33-24-31(37)35-34-23-25-16-19-27(20-17-25)41-32(38)26-18-21-28(39-2)29(22-26)40-3/h16-23H,4-15,24H2,1-3H3,(H,33,36)(H,35,37). The third-order valence-corrected chi connectivity index (χ3v) is 6.57. The molecule has 2 aromatic carbocycles. The van der Waals surface area contributed by atoms with Crippen LogP contribution >= 0.6 is 0 Å². The molecule has 0 saturated heterocycles. The van der Waals surface area contributed by atoms with E-state index in [0.717, 1.165) is 19.3 Å². The number of ether oxygens (including phenoxy) is 3. The second-order valence-electron chi connectivity index (χ2n) is 9.88. The number of hydrazone groups is 1. The highest BCUT2D eigenvalue weighted by molar-refractivity contribution is 5.92. The van der Waals surface area contributed by atoms with Crippen molar-refractivity contribution in [3.63, 3.8) is 0 Å². The number of unbranched alkanes of at least 4 members (excludes halogenated alkanes) is 10. The number of hydrogen-bond acceptors (Lipinski definition) is 7. The zero-order valence-electron chi connectivity index (χ0n) is 24.7. The van der Waals surface area contributed by atoms with E-state index in [4.69, 9.17) is 14.2 Å². The molecule has 0 spiro atoms. The third kappa shape index (κ3) is 13.8. The fraction of sp³-hybridized carbons (Fsp3) is 0.500. The van der Waals surface area contributed by atoms with Gasteiger partial charge in [0, 0.05) is 6.42 Å². The zero-order chi connectivity index (χ0) is 29.7. The number of hydrogen-bond donors (Lipinski definition) is 2. The molecule has 0 fully saturated rings. The van der Waals surface area contributed by atoms with Crippen LogP contribution in [0.15, 0.2) is 47.6 Å². The zero-order valence-corrected chi connectivity index (χ0v) is 24.7. The van der Waals surface area contributed by atoms with E-state index >= 15 is 0 Å². The van der Waals surface area contributed by atoms with E-state index in [0.29, 0.717) is 34.8 Å². The van der Waals surface area contributed by atoms with Crippen molar-refractivity contribution < 1.29 is 28.6 Å². The summed E-state index contributed by atoms with van der Waals surface area (Å²) in [6.45, 7) is 2.11. The summed E-state index contributed by atoms with van der Waals surface area (Å²) in [4.78, 5) is 36.4. The van der Waals surface area contributed by atoms with Crippen LogP contribution in [0.2, 0.25) is 0 Å². The highest BCUT2D eigenvalue weighted by Gasteiger charge is 2.13. The molecule has 0 aliphatic rings. The van der Waals surface area contributed by atoms with Crippen molar-refractivity contribution in [1.29, 1.82) is 0 Å². The Morgan fingerprint density at radius 3 is 1.98 bits per heavy atom. The van der Waals surface area contributed by atoms with Crippen molar-refractivity contribution in [3.05, 3.63) is 53.6 Å². The average molecular weight is 568 g/mol. The summed E-state index contributed by atoms with van der Waals surface area (Å²) in [5.41, 5.74) is 3.41. The molecule has 9 heteroatoms. The fourth-order valence-corrected chi connectivity index (χ4v) is 4.19. The maximum atomic E-state index is 12.5. The van der Waals surface area contributed by atoms with Crippen LogP contribution in [-0.4, -0.2) is 44.8 Å². The van der Waals surface area contributed by atoms with E-state index in [9.17, 15) is 14.4 Å². The molecule has 2 aromatic rings. The summed E-state index contributed by atoms with van der Waals surface area (Å²) in [5.74, 6) is 0.227. The molecular formula is C32H45N3O6. The van der Waals surface area contributed by atoms with Crippen LogP contribution in [0.1, 0.15) is 99.9 Å². The number of amides is 2. The highest BCUT2D eigenvalue weighted by atomic mass is 16.5. The van der Waals surface area contributed by atoms with Crippen molar-refractivity contribution in [1.82, 2.24) is 10.7 Å². The van der Waals surface area contributed by atoms with E-state index in [2.05, 4.69) is 22.8 Å². The van der Waals surface area contributed by atoms with Gasteiger partial charge < -0.3 is 19.5 Å². The summed E-state index contributed by atoms with van der Waals surface area (Å²) in [6.07, 6.45) is 15.4. The predicted octanol–water partition coefficient (Wildman–Crippen LogP) is 6.19. The van der Waals surface area contributed by atoms with Crippen LogP contribution < -0.4 is 25.0 Å². The maximum absolute atomic E-state index is 12.5. The molecule has 0 aliphatic heterocycles. The molecule has 0 aromatic heterocycles. The largest absolute Gasteiger partial charge is 0.493 e.